The van der Waals surface area contributed by atoms with Gasteiger partial charge in [0.2, 0.25) is 0 Å². The van der Waals surface area contributed by atoms with Crippen molar-refractivity contribution >= 4 is 45.6 Å². The Balaban J connectivity index is 2.96. The number of hydrogen-bond donors (Lipinski definition) is 0. The van der Waals surface area contributed by atoms with Crippen molar-refractivity contribution in [2.75, 3.05) is 0 Å². The normalized spacial score (nSPS) is 14.4. The number of allylic oxidation sites excluding steroid dienone is 1. The Hall–Kier alpha value is -0.500. The maximum Gasteiger partial charge on any atom is 0.137 e. The maximum atomic E-state index is 11.5. The molecule has 1 atom stereocenters. The fourth-order valence-electron chi connectivity index (χ4n) is 1.24. The van der Waals surface area contributed by atoms with Gasteiger partial charge in [-0.15, -0.1) is 11.6 Å². The molecule has 1 aromatic rings. The number of ketones is 1. The number of hydrogen-bond acceptors (Lipinski definition) is 1. The summed E-state index contributed by atoms with van der Waals surface area (Å²) >= 11 is 18.2. The van der Waals surface area contributed by atoms with Crippen LogP contribution in [0.3, 0.4) is 0 Å². The van der Waals surface area contributed by atoms with E-state index >= 15 is 0 Å². The Labute approximate surface area is 123 Å². The van der Waals surface area contributed by atoms with Crippen molar-refractivity contribution in [1.29, 1.82) is 0 Å². The van der Waals surface area contributed by atoms with Gasteiger partial charge in [-0.05, 0) is 30.7 Å². The van der Waals surface area contributed by atoms with Crippen LogP contribution in [0.25, 0.3) is 5.03 Å². The predicted molar refractivity (Wildman–Crippen MR) is 79.4 cm³/mol. The number of benzene rings is 1. The van der Waals surface area contributed by atoms with Gasteiger partial charge in [0.05, 0.1) is 5.38 Å². The molecule has 0 heterocycles. The van der Waals surface area contributed by atoms with Crippen molar-refractivity contribution in [1.82, 2.24) is 0 Å². The molecule has 0 fully saturated rings. The van der Waals surface area contributed by atoms with Gasteiger partial charge in [-0.3, -0.25) is 4.79 Å². The van der Waals surface area contributed by atoms with E-state index in [0.29, 0.717) is 10.1 Å². The van der Waals surface area contributed by atoms with Crippen LogP contribution in [0.15, 0.2) is 30.3 Å². The number of rotatable bonds is 4. The molecule has 1 nitrogen and oxygen atoms in total. The second-order valence-electron chi connectivity index (χ2n) is 4.70. The van der Waals surface area contributed by atoms with Crippen molar-refractivity contribution < 1.29 is 4.79 Å². The second kappa shape index (κ2) is 6.10. The molecule has 1 unspecified atom stereocenters. The van der Waals surface area contributed by atoms with E-state index in [0.717, 1.165) is 5.56 Å². The van der Waals surface area contributed by atoms with Gasteiger partial charge in [0.25, 0.3) is 0 Å². The summed E-state index contributed by atoms with van der Waals surface area (Å²) in [6.45, 7) is 5.13. The van der Waals surface area contributed by atoms with Crippen molar-refractivity contribution in [2.24, 2.45) is 5.41 Å². The molecule has 4 heteroatoms. The van der Waals surface area contributed by atoms with Crippen LogP contribution < -0.4 is 0 Å². The quantitative estimate of drug-likeness (QED) is 0.704. The Morgan fingerprint density at radius 3 is 2.22 bits per heavy atom. The predicted octanol–water partition coefficient (Wildman–Crippen LogP) is 5.14. The topological polar surface area (TPSA) is 17.1 Å². The molecule has 0 aliphatic heterocycles. The van der Waals surface area contributed by atoms with Crippen LogP contribution in [0.4, 0.5) is 0 Å². The third-order valence-corrected chi connectivity index (χ3v) is 4.28. The summed E-state index contributed by atoms with van der Waals surface area (Å²) in [5.41, 5.74) is 0.180. The van der Waals surface area contributed by atoms with Crippen LogP contribution in [0.1, 0.15) is 26.3 Å². The lowest BCUT2D eigenvalue weighted by Gasteiger charge is -2.25. The number of carbonyl (C=O) groups excluding carboxylic acids is 1. The van der Waals surface area contributed by atoms with E-state index in [1.54, 1.807) is 32.1 Å². The van der Waals surface area contributed by atoms with E-state index < -0.39 is 10.8 Å². The first-order valence-electron chi connectivity index (χ1n) is 5.53. The highest BCUT2D eigenvalue weighted by Crippen LogP contribution is 2.31. The molecule has 0 saturated carbocycles. The summed E-state index contributed by atoms with van der Waals surface area (Å²) < 4.78 is 0. The molecule has 0 aromatic heterocycles. The number of halogens is 3. The lowest BCUT2D eigenvalue weighted by atomic mass is 9.84. The van der Waals surface area contributed by atoms with Crippen LogP contribution in [0, 0.1) is 5.41 Å². The third-order valence-electron chi connectivity index (χ3n) is 3.01. The van der Waals surface area contributed by atoms with Gasteiger partial charge < -0.3 is 0 Å². The molecule has 0 amide bonds. The standard InChI is InChI=1S/C14H15Cl3O/c1-9(18)14(2,3)13(17)8-12(16)10-4-6-11(15)7-5-10/h4-8,13H,1-3H3/b12-8-. The van der Waals surface area contributed by atoms with Crippen molar-refractivity contribution in [3.8, 4) is 0 Å². The minimum Gasteiger partial charge on any atom is -0.299 e. The lowest BCUT2D eigenvalue weighted by molar-refractivity contribution is -0.124. The molecule has 0 bridgehead atoms. The minimum atomic E-state index is -0.645. The molecule has 1 rings (SSSR count). The van der Waals surface area contributed by atoms with E-state index in [1.807, 2.05) is 12.1 Å². The SMILES string of the molecule is CC(=O)C(C)(C)C(Cl)/C=C(\Cl)c1ccc(Cl)cc1. The summed E-state index contributed by atoms with van der Waals surface area (Å²) in [7, 11) is 0. The molecule has 0 radical (unpaired) electrons. The molecule has 98 valence electrons. The van der Waals surface area contributed by atoms with Crippen LogP contribution >= 0.6 is 34.8 Å². The minimum absolute atomic E-state index is 0.0272. The average molecular weight is 306 g/mol. The van der Waals surface area contributed by atoms with Crippen LogP contribution in [-0.2, 0) is 4.79 Å². The van der Waals surface area contributed by atoms with E-state index in [2.05, 4.69) is 0 Å². The Morgan fingerprint density at radius 1 is 1.28 bits per heavy atom. The van der Waals surface area contributed by atoms with Gasteiger partial charge in [0, 0.05) is 15.5 Å². The monoisotopic (exact) mass is 304 g/mol. The van der Waals surface area contributed by atoms with Gasteiger partial charge in [-0.25, -0.2) is 0 Å². The van der Waals surface area contributed by atoms with E-state index in [4.69, 9.17) is 34.8 Å². The van der Waals surface area contributed by atoms with Gasteiger partial charge in [-0.2, -0.15) is 0 Å². The molecule has 0 saturated heterocycles. The van der Waals surface area contributed by atoms with Gasteiger partial charge >= 0.3 is 0 Å². The molecule has 0 spiro atoms. The molecule has 18 heavy (non-hydrogen) atoms. The van der Waals surface area contributed by atoms with Crippen molar-refractivity contribution in [2.45, 2.75) is 26.1 Å². The molecule has 0 N–H and O–H groups in total. The number of carbonyl (C=O) groups is 1. The van der Waals surface area contributed by atoms with E-state index in [-0.39, 0.29) is 5.78 Å². The summed E-state index contributed by atoms with van der Waals surface area (Å²) in [5.74, 6) is 0.0272. The van der Waals surface area contributed by atoms with Crippen LogP contribution in [0.2, 0.25) is 5.02 Å². The Bertz CT molecular complexity index is 460. The first-order chi connectivity index (χ1) is 8.25. The van der Waals surface area contributed by atoms with Crippen molar-refractivity contribution in [3.63, 3.8) is 0 Å². The summed E-state index contributed by atoms with van der Waals surface area (Å²) in [6, 6.07) is 7.13. The zero-order valence-corrected chi connectivity index (χ0v) is 12.8. The van der Waals surface area contributed by atoms with Gasteiger partial charge in [-0.1, -0.05) is 49.2 Å². The van der Waals surface area contributed by atoms with E-state index in [1.165, 1.54) is 6.92 Å². The second-order valence-corrected chi connectivity index (χ2v) is 6.01. The first-order valence-corrected chi connectivity index (χ1v) is 6.72. The summed E-state index contributed by atoms with van der Waals surface area (Å²) in [6.07, 6.45) is 1.69. The largest absolute Gasteiger partial charge is 0.299 e. The summed E-state index contributed by atoms with van der Waals surface area (Å²) in [5, 5.41) is 0.703. The molecule has 1 aromatic carbocycles. The molecular weight excluding hydrogens is 291 g/mol. The maximum absolute atomic E-state index is 11.5. The molecular formula is C14H15Cl3O. The Kier molecular flexibility index (Phi) is 5.27. The zero-order chi connectivity index (χ0) is 13.9. The highest BCUT2D eigenvalue weighted by Gasteiger charge is 2.31. The number of alkyl halides is 1. The third kappa shape index (κ3) is 3.74. The number of Topliss-reactive ketones (excluding diaryl/α,β-unsaturated/α-hetero) is 1. The molecule has 0 aliphatic carbocycles. The first kappa shape index (κ1) is 15.6. The highest BCUT2D eigenvalue weighted by molar-refractivity contribution is 6.49. The van der Waals surface area contributed by atoms with E-state index in [9.17, 15) is 4.79 Å². The lowest BCUT2D eigenvalue weighted by Crippen LogP contribution is -2.30. The van der Waals surface area contributed by atoms with Gasteiger partial charge in [0.15, 0.2) is 0 Å². The fraction of sp³-hybridized carbons (Fsp3) is 0.357. The highest BCUT2D eigenvalue weighted by atomic mass is 35.5. The molecule has 0 aliphatic rings. The summed E-state index contributed by atoms with van der Waals surface area (Å²) in [4.78, 5) is 11.5. The fourth-order valence-corrected chi connectivity index (χ4v) is 1.96. The van der Waals surface area contributed by atoms with Crippen molar-refractivity contribution in [3.05, 3.63) is 40.9 Å². The van der Waals surface area contributed by atoms with Crippen LogP contribution in [0.5, 0.6) is 0 Å². The zero-order valence-electron chi connectivity index (χ0n) is 10.5. The van der Waals surface area contributed by atoms with Crippen LogP contribution in [-0.4, -0.2) is 11.2 Å². The average Bonchev–Trinajstić information content (AvgIpc) is 2.29. The smallest absolute Gasteiger partial charge is 0.137 e. The van der Waals surface area contributed by atoms with Gasteiger partial charge in [0.1, 0.15) is 5.78 Å². The Morgan fingerprint density at radius 2 is 1.78 bits per heavy atom.